The summed E-state index contributed by atoms with van der Waals surface area (Å²) in [6.45, 7) is 7.57. The Morgan fingerprint density at radius 2 is 2.08 bits per heavy atom. The van der Waals surface area contributed by atoms with Crippen molar-refractivity contribution in [2.45, 2.75) is 26.3 Å². The molecule has 1 aliphatic rings. The number of halogens is 2. The normalized spacial score (nSPS) is 18.5. The lowest BCUT2D eigenvalue weighted by Gasteiger charge is -2.29. The van der Waals surface area contributed by atoms with E-state index in [0.29, 0.717) is 12.2 Å². The van der Waals surface area contributed by atoms with Crippen LogP contribution < -0.4 is 15.5 Å². The Balaban J connectivity index is 1.88. The van der Waals surface area contributed by atoms with Crippen molar-refractivity contribution in [3.63, 3.8) is 0 Å². The van der Waals surface area contributed by atoms with Gasteiger partial charge in [0.15, 0.2) is 5.96 Å². The zero-order valence-corrected chi connectivity index (χ0v) is 16.4. The van der Waals surface area contributed by atoms with Gasteiger partial charge in [-0.25, -0.2) is 8.78 Å². The van der Waals surface area contributed by atoms with E-state index in [1.54, 1.807) is 7.05 Å². The van der Waals surface area contributed by atoms with Gasteiger partial charge in [0.2, 0.25) is 0 Å². The van der Waals surface area contributed by atoms with E-state index < -0.39 is 11.6 Å². The van der Waals surface area contributed by atoms with Gasteiger partial charge in [0, 0.05) is 45.3 Å². The Morgan fingerprint density at radius 1 is 1.35 bits per heavy atom. The predicted octanol–water partition coefficient (Wildman–Crippen LogP) is 2.30. The van der Waals surface area contributed by atoms with Gasteiger partial charge in [0.05, 0.1) is 5.69 Å². The minimum atomic E-state index is -0.551. The highest BCUT2D eigenvalue weighted by atomic mass is 19.1. The van der Waals surface area contributed by atoms with Crippen molar-refractivity contribution in [1.29, 1.82) is 0 Å². The largest absolute Gasteiger partial charge is 0.367 e. The second-order valence-corrected chi connectivity index (χ2v) is 8.00. The van der Waals surface area contributed by atoms with Crippen molar-refractivity contribution in [1.82, 2.24) is 15.5 Å². The van der Waals surface area contributed by atoms with Gasteiger partial charge in [0.25, 0.3) is 0 Å². The molecule has 1 aliphatic heterocycles. The molecule has 1 heterocycles. The Morgan fingerprint density at radius 3 is 2.69 bits per heavy atom. The van der Waals surface area contributed by atoms with Crippen molar-refractivity contribution < 1.29 is 8.78 Å². The fourth-order valence-electron chi connectivity index (χ4n) is 3.46. The molecule has 0 aliphatic carbocycles. The van der Waals surface area contributed by atoms with Gasteiger partial charge in [-0.1, -0.05) is 13.8 Å². The van der Waals surface area contributed by atoms with E-state index in [2.05, 4.69) is 48.5 Å². The van der Waals surface area contributed by atoms with Gasteiger partial charge in [-0.3, -0.25) is 4.99 Å². The molecule has 1 fully saturated rings. The number of guanidine groups is 1. The van der Waals surface area contributed by atoms with Crippen LogP contribution in [0.5, 0.6) is 0 Å². The first-order valence-electron chi connectivity index (χ1n) is 9.02. The van der Waals surface area contributed by atoms with Crippen LogP contribution in [0.3, 0.4) is 0 Å². The lowest BCUT2D eigenvalue weighted by molar-refractivity contribution is 0.241. The molecule has 1 aromatic carbocycles. The second-order valence-electron chi connectivity index (χ2n) is 8.00. The Labute approximate surface area is 155 Å². The summed E-state index contributed by atoms with van der Waals surface area (Å²) in [5.41, 5.74) is 0.561. The maximum Gasteiger partial charge on any atom is 0.191 e. The molecule has 0 aromatic heterocycles. The maximum absolute atomic E-state index is 14.0. The highest BCUT2D eigenvalue weighted by Crippen LogP contribution is 2.24. The van der Waals surface area contributed by atoms with Crippen LogP contribution in [0.2, 0.25) is 0 Å². The number of anilines is 1. The molecule has 5 nitrogen and oxygen atoms in total. The van der Waals surface area contributed by atoms with Crippen LogP contribution in [-0.4, -0.2) is 64.2 Å². The highest BCUT2D eigenvalue weighted by Gasteiger charge is 2.26. The average Bonchev–Trinajstić information content (AvgIpc) is 2.98. The third-order valence-electron chi connectivity index (χ3n) is 4.48. The minimum absolute atomic E-state index is 0.111. The topological polar surface area (TPSA) is 42.9 Å². The molecule has 1 aromatic rings. The van der Waals surface area contributed by atoms with Gasteiger partial charge in [0.1, 0.15) is 11.6 Å². The van der Waals surface area contributed by atoms with Crippen LogP contribution in [0.4, 0.5) is 14.5 Å². The summed E-state index contributed by atoms with van der Waals surface area (Å²) < 4.78 is 27.1. The molecule has 1 atom stereocenters. The number of rotatable bonds is 6. The van der Waals surface area contributed by atoms with Crippen molar-refractivity contribution in [3.05, 3.63) is 29.8 Å². The van der Waals surface area contributed by atoms with E-state index in [9.17, 15) is 8.78 Å². The van der Waals surface area contributed by atoms with Gasteiger partial charge < -0.3 is 20.4 Å². The first-order chi connectivity index (χ1) is 12.2. The molecule has 0 saturated carbocycles. The summed E-state index contributed by atoms with van der Waals surface area (Å²) >= 11 is 0. The molecule has 0 bridgehead atoms. The summed E-state index contributed by atoms with van der Waals surface area (Å²) in [5.74, 6) is -0.313. The van der Waals surface area contributed by atoms with Crippen LogP contribution in [0.1, 0.15) is 20.3 Å². The Kier molecular flexibility index (Phi) is 6.81. The molecule has 0 radical (unpaired) electrons. The fraction of sp³-hybridized carbons (Fsp3) is 0.632. The molecule has 146 valence electrons. The lowest BCUT2D eigenvalue weighted by Crippen LogP contribution is -2.48. The van der Waals surface area contributed by atoms with Gasteiger partial charge in [-0.15, -0.1) is 0 Å². The summed E-state index contributed by atoms with van der Waals surface area (Å²) in [7, 11) is 5.88. The maximum atomic E-state index is 14.0. The predicted molar refractivity (Wildman–Crippen MR) is 104 cm³/mol. The van der Waals surface area contributed by atoms with Gasteiger partial charge >= 0.3 is 0 Å². The van der Waals surface area contributed by atoms with Crippen molar-refractivity contribution in [3.8, 4) is 0 Å². The van der Waals surface area contributed by atoms with Crippen LogP contribution in [-0.2, 0) is 0 Å². The van der Waals surface area contributed by atoms with E-state index in [1.165, 1.54) is 12.1 Å². The lowest BCUT2D eigenvalue weighted by atomic mass is 9.93. The smallest absolute Gasteiger partial charge is 0.191 e. The third kappa shape index (κ3) is 5.83. The molecule has 0 amide bonds. The molecule has 2 N–H and O–H groups in total. The first kappa shape index (κ1) is 20.4. The number of hydrogen-bond acceptors (Lipinski definition) is 3. The summed E-state index contributed by atoms with van der Waals surface area (Å²) in [6.07, 6.45) is 0.874. The van der Waals surface area contributed by atoms with Crippen molar-refractivity contribution in [2.75, 3.05) is 52.2 Å². The zero-order valence-electron chi connectivity index (χ0n) is 16.4. The minimum Gasteiger partial charge on any atom is -0.367 e. The molecular formula is C19H31F2N5. The fourth-order valence-corrected chi connectivity index (χ4v) is 3.46. The summed E-state index contributed by atoms with van der Waals surface area (Å²) in [5, 5.41) is 6.79. The van der Waals surface area contributed by atoms with Gasteiger partial charge in [-0.05, 0) is 38.1 Å². The Bertz CT molecular complexity index is 630. The Hall–Kier alpha value is -1.89. The number of aliphatic imine (C=N–C) groups is 1. The van der Waals surface area contributed by atoms with Gasteiger partial charge in [-0.2, -0.15) is 0 Å². The highest BCUT2D eigenvalue weighted by molar-refractivity contribution is 5.80. The molecular weight excluding hydrogens is 336 g/mol. The van der Waals surface area contributed by atoms with E-state index in [4.69, 9.17) is 0 Å². The summed E-state index contributed by atoms with van der Waals surface area (Å²) in [4.78, 5) is 8.41. The molecule has 1 saturated heterocycles. The average molecular weight is 367 g/mol. The van der Waals surface area contributed by atoms with Crippen LogP contribution in [0.25, 0.3) is 0 Å². The van der Waals surface area contributed by atoms with E-state index >= 15 is 0 Å². The van der Waals surface area contributed by atoms with E-state index in [1.807, 2.05) is 4.90 Å². The van der Waals surface area contributed by atoms with Crippen LogP contribution in [0, 0.1) is 17.0 Å². The molecule has 1 unspecified atom stereocenters. The first-order valence-corrected chi connectivity index (χ1v) is 9.02. The number of hydrogen-bond donors (Lipinski definition) is 2. The zero-order chi connectivity index (χ0) is 19.3. The standard InChI is InChI=1S/C19H31F2N5/c1-19(2,13-25(4)5)12-23-18(22-3)24-15-8-9-26(11-15)17-7-6-14(20)10-16(17)21/h6-7,10,15H,8-9,11-13H2,1-5H3,(H2,22,23,24). The van der Waals surface area contributed by atoms with Crippen molar-refractivity contribution >= 4 is 11.6 Å². The second kappa shape index (κ2) is 8.66. The molecule has 26 heavy (non-hydrogen) atoms. The summed E-state index contributed by atoms with van der Waals surface area (Å²) in [6, 6.07) is 3.90. The van der Waals surface area contributed by atoms with Crippen LogP contribution in [0.15, 0.2) is 23.2 Å². The molecule has 0 spiro atoms. The number of nitrogens with one attached hydrogen (secondary N) is 2. The SMILES string of the molecule is CN=C(NCC(C)(C)CN(C)C)NC1CCN(c2ccc(F)cc2F)C1. The molecule has 7 heteroatoms. The monoisotopic (exact) mass is 367 g/mol. The van der Waals surface area contributed by atoms with E-state index in [0.717, 1.165) is 38.1 Å². The number of benzene rings is 1. The molecule has 2 rings (SSSR count). The van der Waals surface area contributed by atoms with E-state index in [-0.39, 0.29) is 11.5 Å². The number of nitrogens with zero attached hydrogens (tertiary/aromatic N) is 3. The third-order valence-corrected chi connectivity index (χ3v) is 4.48. The quantitative estimate of drug-likeness (QED) is 0.598. The van der Waals surface area contributed by atoms with Crippen LogP contribution >= 0.6 is 0 Å². The van der Waals surface area contributed by atoms with Crippen molar-refractivity contribution in [2.24, 2.45) is 10.4 Å².